The number of hydrogen-bond acceptors (Lipinski definition) is 2. The SMILES string of the molecule is Cc1ccccc1C(=O)N1C[C@@H](C(=O)NC2CC2)[C@H](c2ccccc2)C1. The molecule has 0 bridgehead atoms. The number of carbonyl (C=O) groups is 2. The molecule has 0 aromatic heterocycles. The molecule has 0 spiro atoms. The minimum atomic E-state index is -0.189. The van der Waals surface area contributed by atoms with Crippen molar-refractivity contribution < 1.29 is 9.59 Å². The van der Waals surface area contributed by atoms with Crippen LogP contribution in [0.2, 0.25) is 0 Å². The number of likely N-dealkylation sites (tertiary alicyclic amines) is 1. The number of nitrogens with zero attached hydrogens (tertiary/aromatic N) is 1. The van der Waals surface area contributed by atoms with Crippen molar-refractivity contribution in [1.82, 2.24) is 10.2 Å². The molecule has 1 saturated heterocycles. The van der Waals surface area contributed by atoms with Gasteiger partial charge in [0.2, 0.25) is 5.91 Å². The summed E-state index contributed by atoms with van der Waals surface area (Å²) in [6.45, 7) is 3.01. The van der Waals surface area contributed by atoms with Gasteiger partial charge in [0.25, 0.3) is 5.91 Å². The summed E-state index contributed by atoms with van der Waals surface area (Å²) in [5.41, 5.74) is 2.82. The van der Waals surface area contributed by atoms with Crippen LogP contribution in [0.3, 0.4) is 0 Å². The Hall–Kier alpha value is -2.62. The van der Waals surface area contributed by atoms with Gasteiger partial charge in [-0.2, -0.15) is 0 Å². The Bertz CT molecular complexity index is 814. The van der Waals surface area contributed by atoms with E-state index in [4.69, 9.17) is 0 Å². The van der Waals surface area contributed by atoms with Gasteiger partial charge in [0, 0.05) is 30.6 Å². The molecule has 2 aromatic rings. The van der Waals surface area contributed by atoms with E-state index in [-0.39, 0.29) is 23.7 Å². The topological polar surface area (TPSA) is 49.4 Å². The molecule has 4 rings (SSSR count). The Labute approximate surface area is 154 Å². The molecule has 2 aliphatic rings. The van der Waals surface area contributed by atoms with Crippen molar-refractivity contribution in [2.75, 3.05) is 13.1 Å². The first kappa shape index (κ1) is 16.8. The van der Waals surface area contributed by atoms with Crippen LogP contribution in [0.5, 0.6) is 0 Å². The first-order valence-corrected chi connectivity index (χ1v) is 9.33. The maximum atomic E-state index is 13.0. The second-order valence-corrected chi connectivity index (χ2v) is 7.43. The third-order valence-corrected chi connectivity index (χ3v) is 5.47. The van der Waals surface area contributed by atoms with Crippen LogP contribution in [0.15, 0.2) is 54.6 Å². The lowest BCUT2D eigenvalue weighted by molar-refractivity contribution is -0.125. The van der Waals surface area contributed by atoms with Crippen molar-refractivity contribution in [3.8, 4) is 0 Å². The van der Waals surface area contributed by atoms with E-state index < -0.39 is 0 Å². The molecule has 0 radical (unpaired) electrons. The highest BCUT2D eigenvalue weighted by molar-refractivity contribution is 5.96. The Morgan fingerprint density at radius 3 is 2.35 bits per heavy atom. The fourth-order valence-corrected chi connectivity index (χ4v) is 3.79. The predicted octanol–water partition coefficient (Wildman–Crippen LogP) is 3.13. The van der Waals surface area contributed by atoms with E-state index in [0.29, 0.717) is 19.1 Å². The highest BCUT2D eigenvalue weighted by atomic mass is 16.2. The van der Waals surface area contributed by atoms with Crippen molar-refractivity contribution in [3.05, 3.63) is 71.3 Å². The number of benzene rings is 2. The first-order chi connectivity index (χ1) is 12.6. The standard InChI is InChI=1S/C22H24N2O2/c1-15-7-5-6-10-18(15)22(26)24-13-19(16-8-3-2-4-9-16)20(14-24)21(25)23-17-11-12-17/h2-10,17,19-20H,11-14H2,1H3,(H,23,25)/t19-,20+/m0/s1. The molecule has 1 aliphatic heterocycles. The molecular weight excluding hydrogens is 324 g/mol. The second kappa shape index (κ2) is 6.94. The van der Waals surface area contributed by atoms with Gasteiger partial charge in [-0.25, -0.2) is 0 Å². The number of nitrogens with one attached hydrogen (secondary N) is 1. The predicted molar refractivity (Wildman–Crippen MR) is 101 cm³/mol. The fraction of sp³-hybridized carbons (Fsp3) is 0.364. The quantitative estimate of drug-likeness (QED) is 0.923. The van der Waals surface area contributed by atoms with Crippen molar-refractivity contribution in [3.63, 3.8) is 0 Å². The van der Waals surface area contributed by atoms with Gasteiger partial charge in [-0.05, 0) is 37.0 Å². The molecule has 4 heteroatoms. The largest absolute Gasteiger partial charge is 0.353 e. The molecule has 2 fully saturated rings. The first-order valence-electron chi connectivity index (χ1n) is 9.33. The Balaban J connectivity index is 1.59. The number of amides is 2. The molecule has 2 aromatic carbocycles. The minimum Gasteiger partial charge on any atom is -0.353 e. The Morgan fingerprint density at radius 2 is 1.65 bits per heavy atom. The van der Waals surface area contributed by atoms with Crippen LogP contribution in [0.1, 0.15) is 40.2 Å². The van der Waals surface area contributed by atoms with Gasteiger partial charge in [0.15, 0.2) is 0 Å². The lowest BCUT2D eigenvalue weighted by Crippen LogP contribution is -2.36. The number of aryl methyl sites for hydroxylation is 1. The lowest BCUT2D eigenvalue weighted by Gasteiger charge is -2.18. The number of rotatable bonds is 4. The second-order valence-electron chi connectivity index (χ2n) is 7.43. The Morgan fingerprint density at radius 1 is 0.962 bits per heavy atom. The highest BCUT2D eigenvalue weighted by Gasteiger charge is 2.41. The van der Waals surface area contributed by atoms with Crippen LogP contribution in [-0.2, 0) is 4.79 Å². The van der Waals surface area contributed by atoms with Crippen LogP contribution in [0.25, 0.3) is 0 Å². The summed E-state index contributed by atoms with van der Waals surface area (Å²) < 4.78 is 0. The van der Waals surface area contributed by atoms with Crippen LogP contribution >= 0.6 is 0 Å². The molecular formula is C22H24N2O2. The fourth-order valence-electron chi connectivity index (χ4n) is 3.79. The Kier molecular flexibility index (Phi) is 4.49. The summed E-state index contributed by atoms with van der Waals surface area (Å²) in [5, 5.41) is 3.13. The molecule has 2 amide bonds. The smallest absolute Gasteiger partial charge is 0.254 e. The van der Waals surface area contributed by atoms with Crippen molar-refractivity contribution in [2.45, 2.75) is 31.7 Å². The number of carbonyl (C=O) groups excluding carboxylic acids is 2. The molecule has 1 N–H and O–H groups in total. The molecule has 4 nitrogen and oxygen atoms in total. The van der Waals surface area contributed by atoms with Crippen LogP contribution < -0.4 is 5.32 Å². The van der Waals surface area contributed by atoms with Crippen molar-refractivity contribution >= 4 is 11.8 Å². The van der Waals surface area contributed by atoms with Gasteiger partial charge in [-0.1, -0.05) is 48.5 Å². The molecule has 0 unspecified atom stereocenters. The van der Waals surface area contributed by atoms with Gasteiger partial charge in [0.05, 0.1) is 5.92 Å². The third kappa shape index (κ3) is 3.36. The average Bonchev–Trinajstić information content (AvgIpc) is 3.36. The maximum absolute atomic E-state index is 13.0. The molecule has 26 heavy (non-hydrogen) atoms. The molecule has 1 aliphatic carbocycles. The zero-order chi connectivity index (χ0) is 18.1. The molecule has 1 saturated carbocycles. The summed E-state index contributed by atoms with van der Waals surface area (Å²) in [6, 6.07) is 18.1. The van der Waals surface area contributed by atoms with Gasteiger partial charge in [-0.3, -0.25) is 9.59 Å². The van der Waals surface area contributed by atoms with E-state index in [9.17, 15) is 9.59 Å². The molecule has 134 valence electrons. The summed E-state index contributed by atoms with van der Waals surface area (Å²) in [7, 11) is 0. The maximum Gasteiger partial charge on any atom is 0.254 e. The third-order valence-electron chi connectivity index (χ3n) is 5.47. The molecule has 2 atom stereocenters. The lowest BCUT2D eigenvalue weighted by atomic mass is 9.88. The molecule has 1 heterocycles. The van der Waals surface area contributed by atoms with Crippen LogP contribution in [0.4, 0.5) is 0 Å². The highest BCUT2D eigenvalue weighted by Crippen LogP contribution is 2.34. The van der Waals surface area contributed by atoms with Gasteiger partial charge in [-0.15, -0.1) is 0 Å². The van der Waals surface area contributed by atoms with Gasteiger partial charge < -0.3 is 10.2 Å². The van der Waals surface area contributed by atoms with Gasteiger partial charge >= 0.3 is 0 Å². The minimum absolute atomic E-state index is 0.0192. The van der Waals surface area contributed by atoms with E-state index in [1.165, 1.54) is 0 Å². The van der Waals surface area contributed by atoms with E-state index in [0.717, 1.165) is 29.5 Å². The summed E-state index contributed by atoms with van der Waals surface area (Å²) in [6.07, 6.45) is 2.14. The van der Waals surface area contributed by atoms with E-state index in [2.05, 4.69) is 17.4 Å². The zero-order valence-corrected chi connectivity index (χ0v) is 15.0. The summed E-state index contributed by atoms with van der Waals surface area (Å²) in [4.78, 5) is 27.7. The van der Waals surface area contributed by atoms with E-state index in [1.54, 1.807) is 0 Å². The monoisotopic (exact) mass is 348 g/mol. The van der Waals surface area contributed by atoms with Crippen molar-refractivity contribution in [2.24, 2.45) is 5.92 Å². The average molecular weight is 348 g/mol. The van der Waals surface area contributed by atoms with Crippen LogP contribution in [0, 0.1) is 12.8 Å². The number of hydrogen-bond donors (Lipinski definition) is 1. The van der Waals surface area contributed by atoms with Crippen LogP contribution in [-0.4, -0.2) is 35.8 Å². The van der Waals surface area contributed by atoms with E-state index in [1.807, 2.05) is 54.3 Å². The van der Waals surface area contributed by atoms with E-state index >= 15 is 0 Å². The van der Waals surface area contributed by atoms with Crippen molar-refractivity contribution in [1.29, 1.82) is 0 Å². The zero-order valence-electron chi connectivity index (χ0n) is 15.0. The summed E-state index contributed by atoms with van der Waals surface area (Å²) >= 11 is 0. The summed E-state index contributed by atoms with van der Waals surface area (Å²) in [5.74, 6) is -0.0407. The van der Waals surface area contributed by atoms with Gasteiger partial charge in [0.1, 0.15) is 0 Å². The normalized spacial score (nSPS) is 22.3.